The Morgan fingerprint density at radius 2 is 1.97 bits per heavy atom. The summed E-state index contributed by atoms with van der Waals surface area (Å²) in [5, 5.41) is 13.9. The summed E-state index contributed by atoms with van der Waals surface area (Å²) in [4.78, 5) is 48.7. The standard InChI is InChI=1S/C23H19N3O6S/c1-14-2-7-18-16(13-32-19(18)10-14)12-21(27)24-8-9-25-22(28)20(33-23(25)29)11-15-3-5-17(6-4-15)26(30)31/h2-7,10-11,13H,8-9,12H2,1H3,(H,24,27)/b20-11+. The molecule has 10 heteroatoms. The van der Waals surface area contributed by atoms with Crippen molar-refractivity contribution in [1.29, 1.82) is 0 Å². The van der Waals surface area contributed by atoms with Gasteiger partial charge in [0.2, 0.25) is 5.91 Å². The number of non-ortho nitro benzene ring substituents is 1. The molecule has 3 amide bonds. The van der Waals surface area contributed by atoms with Crippen molar-refractivity contribution in [3.05, 3.63) is 80.4 Å². The first-order valence-electron chi connectivity index (χ1n) is 10.0. The number of hydrogen-bond acceptors (Lipinski definition) is 7. The number of imide groups is 1. The van der Waals surface area contributed by atoms with Crippen molar-refractivity contribution < 1.29 is 23.7 Å². The Kier molecular flexibility index (Phi) is 6.27. The van der Waals surface area contributed by atoms with Gasteiger partial charge >= 0.3 is 0 Å². The third-order valence-corrected chi connectivity index (χ3v) is 6.00. The third-order valence-electron chi connectivity index (χ3n) is 5.10. The second-order valence-corrected chi connectivity index (χ2v) is 8.46. The number of aryl methyl sites for hydroxylation is 1. The number of nitro groups is 1. The second kappa shape index (κ2) is 9.29. The zero-order valence-corrected chi connectivity index (χ0v) is 18.4. The lowest BCUT2D eigenvalue weighted by Crippen LogP contribution is -2.37. The average molecular weight is 465 g/mol. The Labute approximate surface area is 192 Å². The molecule has 0 radical (unpaired) electrons. The number of nitrogens with zero attached hydrogens (tertiary/aromatic N) is 2. The largest absolute Gasteiger partial charge is 0.464 e. The van der Waals surface area contributed by atoms with Gasteiger partial charge in [0.25, 0.3) is 16.8 Å². The predicted octanol–water partition coefficient (Wildman–Crippen LogP) is 4.04. The van der Waals surface area contributed by atoms with Gasteiger partial charge in [0.15, 0.2) is 0 Å². The van der Waals surface area contributed by atoms with Crippen LogP contribution in [0.5, 0.6) is 0 Å². The Bertz CT molecular complexity index is 1300. The van der Waals surface area contributed by atoms with E-state index in [1.54, 1.807) is 6.26 Å². The molecule has 2 aromatic carbocycles. The van der Waals surface area contributed by atoms with Gasteiger partial charge in [-0.15, -0.1) is 0 Å². The Morgan fingerprint density at radius 3 is 2.70 bits per heavy atom. The molecule has 168 valence electrons. The van der Waals surface area contributed by atoms with E-state index >= 15 is 0 Å². The number of benzene rings is 2. The zero-order chi connectivity index (χ0) is 23.5. The number of carbonyl (C=O) groups is 3. The summed E-state index contributed by atoms with van der Waals surface area (Å²) in [6.07, 6.45) is 3.19. The lowest BCUT2D eigenvalue weighted by atomic mass is 10.1. The maximum Gasteiger partial charge on any atom is 0.293 e. The zero-order valence-electron chi connectivity index (χ0n) is 17.6. The summed E-state index contributed by atoms with van der Waals surface area (Å²) in [5.74, 6) is -0.708. The van der Waals surface area contributed by atoms with Crippen LogP contribution < -0.4 is 5.32 Å². The van der Waals surface area contributed by atoms with E-state index in [9.17, 15) is 24.5 Å². The number of fused-ring (bicyclic) bond motifs is 1. The van der Waals surface area contributed by atoms with E-state index in [1.165, 1.54) is 30.3 Å². The van der Waals surface area contributed by atoms with Gasteiger partial charge in [0, 0.05) is 36.2 Å². The van der Waals surface area contributed by atoms with Crippen LogP contribution in [0.4, 0.5) is 10.5 Å². The monoisotopic (exact) mass is 465 g/mol. The van der Waals surface area contributed by atoms with E-state index in [-0.39, 0.29) is 36.0 Å². The van der Waals surface area contributed by atoms with Crippen molar-refractivity contribution in [3.63, 3.8) is 0 Å². The van der Waals surface area contributed by atoms with Crippen LogP contribution in [0.2, 0.25) is 0 Å². The molecule has 0 atom stereocenters. The second-order valence-electron chi connectivity index (χ2n) is 7.47. The van der Waals surface area contributed by atoms with Gasteiger partial charge in [-0.2, -0.15) is 0 Å². The Balaban J connectivity index is 1.32. The molecule has 0 unspecified atom stereocenters. The first-order valence-corrected chi connectivity index (χ1v) is 10.9. The summed E-state index contributed by atoms with van der Waals surface area (Å²) in [6, 6.07) is 11.4. The summed E-state index contributed by atoms with van der Waals surface area (Å²) in [7, 11) is 0. The number of nitro benzene ring substituents is 1. The van der Waals surface area contributed by atoms with Crippen LogP contribution in [0.15, 0.2) is 58.1 Å². The lowest BCUT2D eigenvalue weighted by molar-refractivity contribution is -0.384. The van der Waals surface area contributed by atoms with E-state index in [0.29, 0.717) is 5.56 Å². The maximum atomic E-state index is 12.6. The van der Waals surface area contributed by atoms with Crippen molar-refractivity contribution >= 4 is 51.5 Å². The molecule has 1 fully saturated rings. The molecule has 1 N–H and O–H groups in total. The SMILES string of the molecule is Cc1ccc2c(CC(=O)NCCN3C(=O)S/C(=C/c4ccc([N+](=O)[O-])cc4)C3=O)coc2c1. The molecule has 0 saturated carbocycles. The number of carbonyl (C=O) groups excluding carboxylic acids is 3. The fourth-order valence-corrected chi connectivity index (χ4v) is 4.27. The number of rotatable bonds is 7. The third kappa shape index (κ3) is 4.96. The predicted molar refractivity (Wildman–Crippen MR) is 123 cm³/mol. The minimum Gasteiger partial charge on any atom is -0.464 e. The number of hydrogen-bond donors (Lipinski definition) is 1. The molecule has 9 nitrogen and oxygen atoms in total. The van der Waals surface area contributed by atoms with Crippen molar-refractivity contribution in [2.75, 3.05) is 13.1 Å². The first-order chi connectivity index (χ1) is 15.8. The van der Waals surface area contributed by atoms with Crippen molar-refractivity contribution in [1.82, 2.24) is 10.2 Å². The molecule has 1 aromatic heterocycles. The molecule has 33 heavy (non-hydrogen) atoms. The number of furan rings is 1. The summed E-state index contributed by atoms with van der Waals surface area (Å²) >= 11 is 0.792. The molecule has 1 saturated heterocycles. The summed E-state index contributed by atoms with van der Waals surface area (Å²) in [5.41, 5.74) is 3.05. The van der Waals surface area contributed by atoms with E-state index in [0.717, 1.165) is 38.8 Å². The highest BCUT2D eigenvalue weighted by Gasteiger charge is 2.34. The Morgan fingerprint density at radius 1 is 1.21 bits per heavy atom. The molecule has 0 aliphatic carbocycles. The highest BCUT2D eigenvalue weighted by atomic mass is 32.2. The van der Waals surface area contributed by atoms with Gasteiger partial charge in [0.1, 0.15) is 5.58 Å². The number of thioether (sulfide) groups is 1. The van der Waals surface area contributed by atoms with E-state index in [1.807, 2.05) is 25.1 Å². The van der Waals surface area contributed by atoms with Gasteiger partial charge in [-0.3, -0.25) is 29.4 Å². The topological polar surface area (TPSA) is 123 Å². The smallest absolute Gasteiger partial charge is 0.293 e. The van der Waals surface area contributed by atoms with Crippen molar-refractivity contribution in [2.45, 2.75) is 13.3 Å². The molecule has 1 aliphatic heterocycles. The molecular weight excluding hydrogens is 446 g/mol. The normalized spacial score (nSPS) is 14.9. The van der Waals surface area contributed by atoms with Crippen LogP contribution in [-0.2, 0) is 16.0 Å². The number of amides is 3. The minimum atomic E-state index is -0.512. The van der Waals surface area contributed by atoms with Crippen molar-refractivity contribution in [2.24, 2.45) is 0 Å². The first kappa shape index (κ1) is 22.3. The fraction of sp³-hybridized carbons (Fsp3) is 0.174. The molecule has 0 bridgehead atoms. The molecule has 2 heterocycles. The molecular formula is C23H19N3O6S. The Hall–Kier alpha value is -3.92. The molecule has 0 spiro atoms. The molecule has 3 aromatic rings. The summed E-state index contributed by atoms with van der Waals surface area (Å²) < 4.78 is 5.50. The van der Waals surface area contributed by atoms with Crippen LogP contribution >= 0.6 is 11.8 Å². The van der Waals surface area contributed by atoms with E-state index in [2.05, 4.69) is 5.32 Å². The maximum absolute atomic E-state index is 12.6. The van der Waals surface area contributed by atoms with Crippen molar-refractivity contribution in [3.8, 4) is 0 Å². The van der Waals surface area contributed by atoms with Gasteiger partial charge < -0.3 is 9.73 Å². The summed E-state index contributed by atoms with van der Waals surface area (Å²) in [6.45, 7) is 2.12. The van der Waals surface area contributed by atoms with Gasteiger partial charge in [-0.1, -0.05) is 12.1 Å². The lowest BCUT2D eigenvalue weighted by Gasteiger charge is -2.12. The quantitative estimate of drug-likeness (QED) is 0.317. The van der Waals surface area contributed by atoms with E-state index < -0.39 is 16.1 Å². The average Bonchev–Trinajstić information content (AvgIpc) is 3.28. The fourth-order valence-electron chi connectivity index (χ4n) is 3.41. The minimum absolute atomic E-state index is 0.0410. The van der Waals surface area contributed by atoms with Gasteiger partial charge in [0.05, 0.1) is 22.5 Å². The molecule has 4 rings (SSSR count). The van der Waals surface area contributed by atoms with Crippen LogP contribution in [0.1, 0.15) is 16.7 Å². The highest BCUT2D eigenvalue weighted by molar-refractivity contribution is 8.18. The van der Waals surface area contributed by atoms with Gasteiger partial charge in [-0.25, -0.2) is 0 Å². The van der Waals surface area contributed by atoms with Crippen LogP contribution in [-0.4, -0.2) is 40.0 Å². The number of nitrogens with one attached hydrogen (secondary N) is 1. The highest BCUT2D eigenvalue weighted by Crippen LogP contribution is 2.32. The van der Waals surface area contributed by atoms with Crippen LogP contribution in [0, 0.1) is 17.0 Å². The van der Waals surface area contributed by atoms with Gasteiger partial charge in [-0.05, 0) is 54.1 Å². The van der Waals surface area contributed by atoms with Crippen LogP contribution in [0.3, 0.4) is 0 Å². The molecule has 1 aliphatic rings. The van der Waals surface area contributed by atoms with Crippen LogP contribution in [0.25, 0.3) is 17.0 Å². The van der Waals surface area contributed by atoms with E-state index in [4.69, 9.17) is 4.42 Å².